The van der Waals surface area contributed by atoms with Gasteiger partial charge in [-0.25, -0.2) is 0 Å². The molecule has 0 aliphatic heterocycles. The van der Waals surface area contributed by atoms with Crippen molar-refractivity contribution < 1.29 is 4.79 Å². The van der Waals surface area contributed by atoms with Gasteiger partial charge in [-0.3, -0.25) is 9.78 Å². The average Bonchev–Trinajstić information content (AvgIpc) is 2.42. The molecule has 0 radical (unpaired) electrons. The van der Waals surface area contributed by atoms with Crippen LogP contribution in [0, 0.1) is 0 Å². The van der Waals surface area contributed by atoms with Crippen LogP contribution in [-0.2, 0) is 4.79 Å². The van der Waals surface area contributed by atoms with E-state index in [4.69, 9.17) is 0 Å². The molecule has 0 aromatic carbocycles. The fourth-order valence-corrected chi connectivity index (χ4v) is 2.13. The van der Waals surface area contributed by atoms with Crippen molar-refractivity contribution in [3.63, 3.8) is 0 Å². The zero-order valence-corrected chi connectivity index (χ0v) is 11.7. The SMILES string of the molecule is CCCCCCCCC(=O)C(C)c1ccncc1. The van der Waals surface area contributed by atoms with Crippen LogP contribution in [0.4, 0.5) is 0 Å². The number of Topliss-reactive ketones (excluding diaryl/α,β-unsaturated/α-hetero) is 1. The summed E-state index contributed by atoms with van der Waals surface area (Å²) >= 11 is 0. The third-order valence-corrected chi connectivity index (χ3v) is 3.47. The summed E-state index contributed by atoms with van der Waals surface area (Å²) in [6, 6.07) is 3.87. The first-order chi connectivity index (χ1) is 8.75. The van der Waals surface area contributed by atoms with Gasteiger partial charge in [0.2, 0.25) is 0 Å². The summed E-state index contributed by atoms with van der Waals surface area (Å²) in [6.45, 7) is 4.22. The Balaban J connectivity index is 2.20. The van der Waals surface area contributed by atoms with Gasteiger partial charge in [-0.05, 0) is 24.1 Å². The molecule has 0 saturated carbocycles. The second-order valence-corrected chi connectivity index (χ2v) is 4.99. The van der Waals surface area contributed by atoms with Crippen molar-refractivity contribution in [1.29, 1.82) is 0 Å². The lowest BCUT2D eigenvalue weighted by atomic mass is 9.94. The molecule has 1 aromatic heterocycles. The Morgan fingerprint density at radius 2 is 1.72 bits per heavy atom. The van der Waals surface area contributed by atoms with Crippen LogP contribution in [0.25, 0.3) is 0 Å². The number of aromatic nitrogens is 1. The molecule has 0 saturated heterocycles. The van der Waals surface area contributed by atoms with E-state index < -0.39 is 0 Å². The van der Waals surface area contributed by atoms with Gasteiger partial charge < -0.3 is 0 Å². The first-order valence-electron chi connectivity index (χ1n) is 7.18. The van der Waals surface area contributed by atoms with Crippen LogP contribution in [-0.4, -0.2) is 10.8 Å². The van der Waals surface area contributed by atoms with Crippen molar-refractivity contribution in [2.75, 3.05) is 0 Å². The van der Waals surface area contributed by atoms with Crippen molar-refractivity contribution in [2.24, 2.45) is 0 Å². The van der Waals surface area contributed by atoms with E-state index in [0.29, 0.717) is 5.78 Å². The van der Waals surface area contributed by atoms with E-state index >= 15 is 0 Å². The fourth-order valence-electron chi connectivity index (χ4n) is 2.13. The zero-order valence-electron chi connectivity index (χ0n) is 11.7. The monoisotopic (exact) mass is 247 g/mol. The maximum Gasteiger partial charge on any atom is 0.140 e. The highest BCUT2D eigenvalue weighted by atomic mass is 16.1. The number of rotatable bonds is 9. The molecule has 0 N–H and O–H groups in total. The molecule has 100 valence electrons. The Hall–Kier alpha value is -1.18. The van der Waals surface area contributed by atoms with Crippen LogP contribution >= 0.6 is 0 Å². The molecule has 18 heavy (non-hydrogen) atoms. The third-order valence-electron chi connectivity index (χ3n) is 3.47. The van der Waals surface area contributed by atoms with Gasteiger partial charge in [0.15, 0.2) is 0 Å². The number of nitrogens with zero attached hydrogens (tertiary/aromatic N) is 1. The maximum absolute atomic E-state index is 12.0. The summed E-state index contributed by atoms with van der Waals surface area (Å²) in [4.78, 5) is 16.0. The summed E-state index contributed by atoms with van der Waals surface area (Å²) in [5.74, 6) is 0.375. The minimum Gasteiger partial charge on any atom is -0.299 e. The van der Waals surface area contributed by atoms with Gasteiger partial charge in [0, 0.05) is 24.7 Å². The normalized spacial score (nSPS) is 12.3. The lowest BCUT2D eigenvalue weighted by molar-refractivity contribution is -0.120. The van der Waals surface area contributed by atoms with Crippen LogP contribution in [0.3, 0.4) is 0 Å². The Bertz CT molecular complexity index is 334. The van der Waals surface area contributed by atoms with Crippen molar-refractivity contribution in [3.05, 3.63) is 30.1 Å². The maximum atomic E-state index is 12.0. The summed E-state index contributed by atoms with van der Waals surface area (Å²) in [5.41, 5.74) is 1.08. The van der Waals surface area contributed by atoms with Crippen molar-refractivity contribution in [2.45, 2.75) is 64.7 Å². The van der Waals surface area contributed by atoms with E-state index in [1.165, 1.54) is 32.1 Å². The Morgan fingerprint density at radius 3 is 2.39 bits per heavy atom. The van der Waals surface area contributed by atoms with Gasteiger partial charge >= 0.3 is 0 Å². The predicted molar refractivity (Wildman–Crippen MR) is 75.7 cm³/mol. The van der Waals surface area contributed by atoms with E-state index in [-0.39, 0.29) is 5.92 Å². The van der Waals surface area contributed by atoms with E-state index in [2.05, 4.69) is 11.9 Å². The lowest BCUT2D eigenvalue weighted by Gasteiger charge is -2.10. The summed E-state index contributed by atoms with van der Waals surface area (Å²) in [6.07, 6.45) is 11.6. The van der Waals surface area contributed by atoms with Crippen molar-refractivity contribution in [3.8, 4) is 0 Å². The second-order valence-electron chi connectivity index (χ2n) is 4.99. The minimum atomic E-state index is 0.0173. The number of pyridine rings is 1. The molecular formula is C16H25NO. The van der Waals surface area contributed by atoms with Gasteiger partial charge in [-0.1, -0.05) is 46.0 Å². The molecule has 1 heterocycles. The molecular weight excluding hydrogens is 222 g/mol. The topological polar surface area (TPSA) is 30.0 Å². The molecule has 0 spiro atoms. The third kappa shape index (κ3) is 5.44. The van der Waals surface area contributed by atoms with Gasteiger partial charge in [0.1, 0.15) is 5.78 Å². The number of carbonyl (C=O) groups excluding carboxylic acids is 1. The smallest absolute Gasteiger partial charge is 0.140 e. The largest absolute Gasteiger partial charge is 0.299 e. The van der Waals surface area contributed by atoms with Gasteiger partial charge in [-0.15, -0.1) is 0 Å². The summed E-state index contributed by atoms with van der Waals surface area (Å²) < 4.78 is 0. The van der Waals surface area contributed by atoms with Crippen LogP contribution in [0.2, 0.25) is 0 Å². The van der Waals surface area contributed by atoms with E-state index in [1.807, 2.05) is 19.1 Å². The number of carbonyl (C=O) groups is 1. The number of ketones is 1. The Kier molecular flexibility index (Phi) is 7.31. The number of unbranched alkanes of at least 4 members (excludes halogenated alkanes) is 5. The van der Waals surface area contributed by atoms with Crippen molar-refractivity contribution >= 4 is 5.78 Å². The molecule has 2 heteroatoms. The molecule has 1 unspecified atom stereocenters. The Morgan fingerprint density at radius 1 is 1.11 bits per heavy atom. The second kappa shape index (κ2) is 8.84. The fraction of sp³-hybridized carbons (Fsp3) is 0.625. The highest BCUT2D eigenvalue weighted by Gasteiger charge is 2.13. The van der Waals surface area contributed by atoms with E-state index in [1.54, 1.807) is 12.4 Å². The molecule has 1 aromatic rings. The molecule has 0 aliphatic carbocycles. The minimum absolute atomic E-state index is 0.0173. The quantitative estimate of drug-likeness (QED) is 0.601. The lowest BCUT2D eigenvalue weighted by Crippen LogP contribution is -2.08. The standard InChI is InChI=1S/C16H25NO/c1-3-4-5-6-7-8-9-16(18)14(2)15-10-12-17-13-11-15/h10-14H,3-9H2,1-2H3. The molecule has 0 aliphatic rings. The number of hydrogen-bond acceptors (Lipinski definition) is 2. The van der Waals surface area contributed by atoms with Crippen LogP contribution in [0.15, 0.2) is 24.5 Å². The van der Waals surface area contributed by atoms with Crippen LogP contribution < -0.4 is 0 Å². The predicted octanol–water partition coefficient (Wildman–Crippen LogP) is 4.50. The zero-order chi connectivity index (χ0) is 13.2. The first-order valence-corrected chi connectivity index (χ1v) is 7.18. The highest BCUT2D eigenvalue weighted by molar-refractivity contribution is 5.85. The van der Waals surface area contributed by atoms with Gasteiger partial charge in [0.25, 0.3) is 0 Å². The van der Waals surface area contributed by atoms with Crippen LogP contribution in [0.5, 0.6) is 0 Å². The van der Waals surface area contributed by atoms with Gasteiger partial charge in [0.05, 0.1) is 0 Å². The summed E-state index contributed by atoms with van der Waals surface area (Å²) in [7, 11) is 0. The first kappa shape index (κ1) is 14.9. The molecule has 2 nitrogen and oxygen atoms in total. The highest BCUT2D eigenvalue weighted by Crippen LogP contribution is 2.18. The molecule has 0 amide bonds. The molecule has 1 rings (SSSR count). The molecule has 0 fully saturated rings. The number of hydrogen-bond donors (Lipinski definition) is 0. The molecule has 0 bridgehead atoms. The van der Waals surface area contributed by atoms with Gasteiger partial charge in [-0.2, -0.15) is 0 Å². The van der Waals surface area contributed by atoms with E-state index in [9.17, 15) is 4.79 Å². The van der Waals surface area contributed by atoms with E-state index in [0.717, 1.165) is 18.4 Å². The van der Waals surface area contributed by atoms with Crippen LogP contribution in [0.1, 0.15) is 70.3 Å². The molecule has 1 atom stereocenters. The average molecular weight is 247 g/mol. The Labute approximate surface area is 111 Å². The van der Waals surface area contributed by atoms with Crippen molar-refractivity contribution in [1.82, 2.24) is 4.98 Å². The summed E-state index contributed by atoms with van der Waals surface area (Å²) in [5, 5.41) is 0.